The van der Waals surface area contributed by atoms with Gasteiger partial charge < -0.3 is 5.73 Å². The molecular weight excluding hydrogens is 210 g/mol. The highest BCUT2D eigenvalue weighted by molar-refractivity contribution is 5.11. The zero-order valence-electron chi connectivity index (χ0n) is 11.7. The van der Waals surface area contributed by atoms with E-state index in [9.17, 15) is 0 Å². The molecule has 0 aliphatic rings. The Labute approximate surface area is 105 Å². The molecule has 0 aliphatic carbocycles. The van der Waals surface area contributed by atoms with Crippen molar-refractivity contribution in [1.82, 2.24) is 9.97 Å². The van der Waals surface area contributed by atoms with Crippen LogP contribution >= 0.6 is 0 Å². The third-order valence-corrected chi connectivity index (χ3v) is 2.56. The maximum atomic E-state index is 5.98. The molecule has 1 rings (SSSR count). The molecule has 0 bridgehead atoms. The third kappa shape index (κ3) is 5.78. The Bertz CT molecular complexity index is 364. The minimum Gasteiger partial charge on any atom is -0.326 e. The molecule has 0 fully saturated rings. The lowest BCUT2D eigenvalue weighted by Gasteiger charge is -2.17. The fraction of sp³-hybridized carbons (Fsp3) is 0.714. The van der Waals surface area contributed by atoms with E-state index >= 15 is 0 Å². The molecule has 0 aromatic carbocycles. The highest BCUT2D eigenvalue weighted by Gasteiger charge is 2.12. The van der Waals surface area contributed by atoms with Crippen LogP contribution in [-0.4, -0.2) is 15.5 Å². The lowest BCUT2D eigenvalue weighted by Crippen LogP contribution is -2.32. The Hall–Kier alpha value is -0.960. The van der Waals surface area contributed by atoms with Crippen molar-refractivity contribution < 1.29 is 0 Å². The second-order valence-electron chi connectivity index (χ2n) is 6.00. The average molecular weight is 235 g/mol. The number of hydrogen-bond donors (Lipinski definition) is 1. The van der Waals surface area contributed by atoms with Crippen LogP contribution in [-0.2, 0) is 12.8 Å². The Balaban J connectivity index is 2.75. The summed E-state index contributed by atoms with van der Waals surface area (Å²) in [5.74, 6) is 1.56. The standard InChI is InChI=1S/C14H25N3/c1-10(2)8-12-9-11(3)16-13(17-12)6-7-14(4,5)15/h9-10H,6-8,15H2,1-5H3. The van der Waals surface area contributed by atoms with Crippen molar-refractivity contribution in [2.45, 2.75) is 59.4 Å². The molecule has 3 nitrogen and oxygen atoms in total. The van der Waals surface area contributed by atoms with E-state index in [1.165, 1.54) is 0 Å². The van der Waals surface area contributed by atoms with Crippen LogP contribution in [0.2, 0.25) is 0 Å². The maximum Gasteiger partial charge on any atom is 0.128 e. The Morgan fingerprint density at radius 3 is 2.47 bits per heavy atom. The molecule has 0 saturated heterocycles. The van der Waals surface area contributed by atoms with Gasteiger partial charge in [-0.3, -0.25) is 0 Å². The maximum absolute atomic E-state index is 5.98. The fourth-order valence-electron chi connectivity index (χ4n) is 1.77. The number of rotatable bonds is 5. The second kappa shape index (κ2) is 5.58. The summed E-state index contributed by atoms with van der Waals surface area (Å²) in [6.45, 7) is 10.5. The highest BCUT2D eigenvalue weighted by Crippen LogP contribution is 2.11. The van der Waals surface area contributed by atoms with E-state index in [1.807, 2.05) is 20.8 Å². The van der Waals surface area contributed by atoms with Crippen molar-refractivity contribution in [2.75, 3.05) is 0 Å². The summed E-state index contributed by atoms with van der Waals surface area (Å²) >= 11 is 0. The van der Waals surface area contributed by atoms with E-state index in [0.717, 1.165) is 36.5 Å². The second-order valence-corrected chi connectivity index (χ2v) is 6.00. The molecule has 17 heavy (non-hydrogen) atoms. The van der Waals surface area contributed by atoms with Gasteiger partial charge in [-0.05, 0) is 45.6 Å². The van der Waals surface area contributed by atoms with Crippen LogP contribution in [0.3, 0.4) is 0 Å². The van der Waals surface area contributed by atoms with Crippen LogP contribution in [0.1, 0.15) is 51.3 Å². The predicted octanol–water partition coefficient (Wildman–Crippen LogP) is 2.65. The largest absolute Gasteiger partial charge is 0.326 e. The van der Waals surface area contributed by atoms with E-state index in [0.29, 0.717) is 5.92 Å². The lowest BCUT2D eigenvalue weighted by atomic mass is 10.00. The summed E-state index contributed by atoms with van der Waals surface area (Å²) in [5.41, 5.74) is 8.04. The van der Waals surface area contributed by atoms with Gasteiger partial charge in [0, 0.05) is 23.3 Å². The molecule has 1 aromatic heterocycles. The van der Waals surface area contributed by atoms with Crippen LogP contribution in [0.4, 0.5) is 0 Å². The molecule has 0 spiro atoms. The molecule has 0 unspecified atom stereocenters. The minimum absolute atomic E-state index is 0.148. The van der Waals surface area contributed by atoms with Crippen molar-refractivity contribution in [3.63, 3.8) is 0 Å². The first-order chi connectivity index (χ1) is 7.76. The Morgan fingerprint density at radius 1 is 1.29 bits per heavy atom. The van der Waals surface area contributed by atoms with Gasteiger partial charge in [-0.25, -0.2) is 9.97 Å². The highest BCUT2D eigenvalue weighted by atomic mass is 14.9. The van der Waals surface area contributed by atoms with Gasteiger partial charge in [-0.2, -0.15) is 0 Å². The molecule has 1 aromatic rings. The molecule has 3 heteroatoms. The van der Waals surface area contributed by atoms with Gasteiger partial charge in [0.25, 0.3) is 0 Å². The molecule has 1 heterocycles. The first-order valence-electron chi connectivity index (χ1n) is 6.38. The van der Waals surface area contributed by atoms with E-state index < -0.39 is 0 Å². The number of aromatic nitrogens is 2. The zero-order chi connectivity index (χ0) is 13.1. The van der Waals surface area contributed by atoms with Gasteiger partial charge in [0.1, 0.15) is 5.82 Å². The van der Waals surface area contributed by atoms with Gasteiger partial charge in [0.2, 0.25) is 0 Å². The average Bonchev–Trinajstić information content (AvgIpc) is 2.11. The fourth-order valence-corrected chi connectivity index (χ4v) is 1.77. The molecule has 0 aliphatic heterocycles. The molecule has 2 N–H and O–H groups in total. The molecule has 0 amide bonds. The van der Waals surface area contributed by atoms with E-state index in [2.05, 4.69) is 29.9 Å². The molecule has 0 saturated carbocycles. The van der Waals surface area contributed by atoms with Crippen LogP contribution in [0.25, 0.3) is 0 Å². The van der Waals surface area contributed by atoms with Crippen LogP contribution in [0, 0.1) is 12.8 Å². The van der Waals surface area contributed by atoms with Crippen molar-refractivity contribution >= 4 is 0 Å². The summed E-state index contributed by atoms with van der Waals surface area (Å²) in [6.07, 6.45) is 2.79. The van der Waals surface area contributed by atoms with Crippen LogP contribution < -0.4 is 5.73 Å². The molecule has 0 atom stereocenters. The van der Waals surface area contributed by atoms with E-state index in [-0.39, 0.29) is 5.54 Å². The van der Waals surface area contributed by atoms with Crippen molar-refractivity contribution in [1.29, 1.82) is 0 Å². The zero-order valence-corrected chi connectivity index (χ0v) is 11.7. The molecule has 0 radical (unpaired) electrons. The summed E-state index contributed by atoms with van der Waals surface area (Å²) in [5, 5.41) is 0. The van der Waals surface area contributed by atoms with Crippen molar-refractivity contribution in [3.8, 4) is 0 Å². The minimum atomic E-state index is -0.148. The number of hydrogen-bond acceptors (Lipinski definition) is 3. The van der Waals surface area contributed by atoms with E-state index in [4.69, 9.17) is 5.73 Å². The first kappa shape index (κ1) is 14.1. The van der Waals surface area contributed by atoms with Crippen LogP contribution in [0.15, 0.2) is 6.07 Å². The monoisotopic (exact) mass is 235 g/mol. The van der Waals surface area contributed by atoms with Crippen molar-refractivity contribution in [3.05, 3.63) is 23.3 Å². The quantitative estimate of drug-likeness (QED) is 0.853. The van der Waals surface area contributed by atoms with E-state index in [1.54, 1.807) is 0 Å². The normalized spacial score (nSPS) is 12.2. The molecular formula is C14H25N3. The smallest absolute Gasteiger partial charge is 0.128 e. The summed E-state index contributed by atoms with van der Waals surface area (Å²) in [4.78, 5) is 9.09. The Morgan fingerprint density at radius 2 is 1.94 bits per heavy atom. The third-order valence-electron chi connectivity index (χ3n) is 2.56. The SMILES string of the molecule is Cc1cc(CC(C)C)nc(CCC(C)(C)N)n1. The van der Waals surface area contributed by atoms with Crippen LogP contribution in [0.5, 0.6) is 0 Å². The van der Waals surface area contributed by atoms with Gasteiger partial charge in [0.15, 0.2) is 0 Å². The molecule has 96 valence electrons. The number of nitrogens with zero attached hydrogens (tertiary/aromatic N) is 2. The predicted molar refractivity (Wildman–Crippen MR) is 71.9 cm³/mol. The first-order valence-corrected chi connectivity index (χ1v) is 6.38. The summed E-state index contributed by atoms with van der Waals surface area (Å²) < 4.78 is 0. The summed E-state index contributed by atoms with van der Waals surface area (Å²) in [6, 6.07) is 2.08. The van der Waals surface area contributed by atoms with Gasteiger partial charge in [-0.1, -0.05) is 13.8 Å². The number of nitrogens with two attached hydrogens (primary N) is 1. The summed E-state index contributed by atoms with van der Waals surface area (Å²) in [7, 11) is 0. The van der Waals surface area contributed by atoms with Gasteiger partial charge >= 0.3 is 0 Å². The van der Waals surface area contributed by atoms with Gasteiger partial charge in [-0.15, -0.1) is 0 Å². The lowest BCUT2D eigenvalue weighted by molar-refractivity contribution is 0.469. The van der Waals surface area contributed by atoms with Crippen molar-refractivity contribution in [2.24, 2.45) is 11.7 Å². The number of aryl methyl sites for hydroxylation is 2. The van der Waals surface area contributed by atoms with Gasteiger partial charge in [0.05, 0.1) is 0 Å². The Kier molecular flexibility index (Phi) is 4.63. The topological polar surface area (TPSA) is 51.8 Å².